The number of fused-ring (bicyclic) bond motifs is 1. The largest absolute Gasteiger partial charge is 0.497 e. The minimum Gasteiger partial charge on any atom is -0.497 e. The molecule has 0 aliphatic heterocycles. The van der Waals surface area contributed by atoms with Gasteiger partial charge in [-0.3, -0.25) is 9.48 Å². The van der Waals surface area contributed by atoms with E-state index in [2.05, 4.69) is 20.5 Å². The van der Waals surface area contributed by atoms with E-state index in [4.69, 9.17) is 4.74 Å². The number of hydrogen-bond donors (Lipinski definition) is 1. The number of nitrogens with one attached hydrogen (secondary N) is 1. The summed E-state index contributed by atoms with van der Waals surface area (Å²) < 4.78 is 8.74. The first kappa shape index (κ1) is 19.6. The van der Waals surface area contributed by atoms with Crippen LogP contribution in [-0.2, 0) is 17.9 Å². The summed E-state index contributed by atoms with van der Waals surface area (Å²) in [6, 6.07) is 9.82. The Bertz CT molecular complexity index is 1210. The predicted octanol–water partition coefficient (Wildman–Crippen LogP) is 3.58. The third-order valence-electron chi connectivity index (χ3n) is 5.18. The molecule has 0 saturated heterocycles. The number of amides is 1. The van der Waals surface area contributed by atoms with E-state index in [1.165, 1.54) is 0 Å². The molecule has 1 aromatic carbocycles. The molecule has 3 heterocycles. The summed E-state index contributed by atoms with van der Waals surface area (Å²) in [5.41, 5.74) is 5.20. The van der Waals surface area contributed by atoms with E-state index < -0.39 is 0 Å². The fourth-order valence-electron chi connectivity index (χ4n) is 3.62. The summed E-state index contributed by atoms with van der Waals surface area (Å²) in [6.07, 6.45) is 3.41. The number of pyridine rings is 1. The molecule has 8 nitrogen and oxygen atoms in total. The highest BCUT2D eigenvalue weighted by Crippen LogP contribution is 2.30. The molecule has 0 fully saturated rings. The van der Waals surface area contributed by atoms with Crippen LogP contribution in [0.3, 0.4) is 0 Å². The van der Waals surface area contributed by atoms with Crippen LogP contribution < -0.4 is 10.1 Å². The zero-order chi connectivity index (χ0) is 21.3. The van der Waals surface area contributed by atoms with Gasteiger partial charge in [0.05, 0.1) is 30.4 Å². The lowest BCUT2D eigenvalue weighted by Gasteiger charge is -2.07. The Morgan fingerprint density at radius 3 is 2.57 bits per heavy atom. The van der Waals surface area contributed by atoms with Crippen molar-refractivity contribution in [3.05, 3.63) is 54.1 Å². The second-order valence-corrected chi connectivity index (χ2v) is 7.04. The van der Waals surface area contributed by atoms with Gasteiger partial charge < -0.3 is 10.1 Å². The monoisotopic (exact) mass is 404 g/mol. The van der Waals surface area contributed by atoms with E-state index in [0.717, 1.165) is 40.2 Å². The number of methoxy groups -OCH3 is 1. The van der Waals surface area contributed by atoms with Crippen molar-refractivity contribution < 1.29 is 9.53 Å². The van der Waals surface area contributed by atoms with Crippen LogP contribution in [0.1, 0.15) is 18.3 Å². The lowest BCUT2D eigenvalue weighted by molar-refractivity contribution is -0.116. The van der Waals surface area contributed by atoms with Crippen LogP contribution in [0.4, 0.5) is 5.69 Å². The van der Waals surface area contributed by atoms with E-state index >= 15 is 0 Å². The quantitative estimate of drug-likeness (QED) is 0.531. The maximum absolute atomic E-state index is 12.7. The van der Waals surface area contributed by atoms with E-state index in [1.807, 2.05) is 55.8 Å². The third kappa shape index (κ3) is 3.52. The summed E-state index contributed by atoms with van der Waals surface area (Å²) in [5.74, 6) is 0.629. The molecule has 0 bridgehead atoms. The van der Waals surface area contributed by atoms with Crippen molar-refractivity contribution in [1.82, 2.24) is 24.5 Å². The number of rotatable bonds is 6. The number of anilines is 1. The highest BCUT2D eigenvalue weighted by molar-refractivity contribution is 5.96. The zero-order valence-electron chi connectivity index (χ0n) is 17.5. The van der Waals surface area contributed by atoms with Crippen molar-refractivity contribution in [3.8, 4) is 16.9 Å². The lowest BCUT2D eigenvalue weighted by Crippen LogP contribution is -2.20. The van der Waals surface area contributed by atoms with Crippen molar-refractivity contribution in [2.75, 3.05) is 12.4 Å². The Hall–Kier alpha value is -3.68. The van der Waals surface area contributed by atoms with Crippen LogP contribution in [0, 0.1) is 13.8 Å². The molecule has 4 rings (SSSR count). The summed E-state index contributed by atoms with van der Waals surface area (Å²) >= 11 is 0. The molecule has 0 aliphatic carbocycles. The molecule has 3 aromatic heterocycles. The van der Waals surface area contributed by atoms with E-state index in [0.29, 0.717) is 11.3 Å². The molecule has 0 atom stereocenters. The van der Waals surface area contributed by atoms with Gasteiger partial charge in [-0.1, -0.05) is 12.1 Å². The summed E-state index contributed by atoms with van der Waals surface area (Å²) in [7, 11) is 1.65. The number of nitrogens with zero attached hydrogens (tertiary/aromatic N) is 5. The van der Waals surface area contributed by atoms with Gasteiger partial charge in [-0.05, 0) is 50.1 Å². The first-order chi connectivity index (χ1) is 14.5. The van der Waals surface area contributed by atoms with Gasteiger partial charge in [0, 0.05) is 18.1 Å². The topological polar surface area (TPSA) is 86.9 Å². The molecule has 0 radical (unpaired) electrons. The Kier molecular flexibility index (Phi) is 5.22. The summed E-state index contributed by atoms with van der Waals surface area (Å²) in [4.78, 5) is 17.2. The van der Waals surface area contributed by atoms with Gasteiger partial charge in [-0.15, -0.1) is 0 Å². The Labute approximate surface area is 174 Å². The number of carbonyl (C=O) groups is 1. The normalized spacial score (nSPS) is 11.1. The van der Waals surface area contributed by atoms with Crippen molar-refractivity contribution in [3.63, 3.8) is 0 Å². The van der Waals surface area contributed by atoms with Gasteiger partial charge >= 0.3 is 0 Å². The smallest absolute Gasteiger partial charge is 0.246 e. The van der Waals surface area contributed by atoms with Crippen LogP contribution in [-0.4, -0.2) is 37.6 Å². The van der Waals surface area contributed by atoms with Crippen LogP contribution in [0.25, 0.3) is 22.2 Å². The van der Waals surface area contributed by atoms with Gasteiger partial charge in [0.1, 0.15) is 12.3 Å². The summed E-state index contributed by atoms with van der Waals surface area (Å²) in [6.45, 7) is 6.70. The SMILES string of the molecule is CCn1ncc(NC(=O)Cn2nc(C)c3c(-c4ccc(OC)cc4)ccnc32)c1C. The molecule has 1 amide bonds. The number of aromatic nitrogens is 5. The van der Waals surface area contributed by atoms with Gasteiger partial charge in [0.2, 0.25) is 5.91 Å². The van der Waals surface area contributed by atoms with Gasteiger partial charge in [0.25, 0.3) is 0 Å². The fraction of sp³-hybridized carbons (Fsp3) is 0.273. The van der Waals surface area contributed by atoms with Gasteiger partial charge in [-0.25, -0.2) is 9.67 Å². The molecule has 1 N–H and O–H groups in total. The number of carbonyl (C=O) groups excluding carboxylic acids is 1. The molecule has 0 unspecified atom stereocenters. The highest BCUT2D eigenvalue weighted by atomic mass is 16.5. The fourth-order valence-corrected chi connectivity index (χ4v) is 3.62. The van der Waals surface area contributed by atoms with Gasteiger partial charge in [0.15, 0.2) is 5.65 Å². The minimum absolute atomic E-state index is 0.0696. The maximum atomic E-state index is 12.7. The second kappa shape index (κ2) is 7.98. The highest BCUT2D eigenvalue weighted by Gasteiger charge is 2.17. The standard InChI is InChI=1S/C22H24N6O2/c1-5-27-15(3)19(12-24-27)25-20(29)13-28-22-21(14(2)26-28)18(10-11-23-22)16-6-8-17(30-4)9-7-16/h6-12H,5,13H2,1-4H3,(H,25,29). The Morgan fingerprint density at radius 2 is 1.90 bits per heavy atom. The minimum atomic E-state index is -0.171. The molecule has 0 aliphatic rings. The molecule has 0 saturated carbocycles. The predicted molar refractivity (Wildman–Crippen MR) is 116 cm³/mol. The molecule has 154 valence electrons. The van der Waals surface area contributed by atoms with E-state index in [-0.39, 0.29) is 12.5 Å². The van der Waals surface area contributed by atoms with Crippen LogP contribution in [0.2, 0.25) is 0 Å². The number of aryl methyl sites for hydroxylation is 2. The Morgan fingerprint density at radius 1 is 1.13 bits per heavy atom. The summed E-state index contributed by atoms with van der Waals surface area (Å²) in [5, 5.41) is 12.7. The molecule has 0 spiro atoms. The first-order valence-corrected chi connectivity index (χ1v) is 9.80. The van der Waals surface area contributed by atoms with Crippen LogP contribution >= 0.6 is 0 Å². The molecule has 30 heavy (non-hydrogen) atoms. The maximum Gasteiger partial charge on any atom is 0.246 e. The van der Waals surface area contributed by atoms with Crippen molar-refractivity contribution in [2.24, 2.45) is 0 Å². The lowest BCUT2D eigenvalue weighted by atomic mass is 10.0. The second-order valence-electron chi connectivity index (χ2n) is 7.04. The van der Waals surface area contributed by atoms with Crippen molar-refractivity contribution in [2.45, 2.75) is 33.9 Å². The molecular formula is C22H24N6O2. The van der Waals surface area contributed by atoms with E-state index in [1.54, 1.807) is 24.2 Å². The third-order valence-corrected chi connectivity index (χ3v) is 5.18. The average Bonchev–Trinajstić information content (AvgIpc) is 3.27. The molecule has 4 aromatic rings. The number of benzene rings is 1. The average molecular weight is 404 g/mol. The zero-order valence-corrected chi connectivity index (χ0v) is 17.5. The number of ether oxygens (including phenoxy) is 1. The van der Waals surface area contributed by atoms with Crippen LogP contribution in [0.5, 0.6) is 5.75 Å². The van der Waals surface area contributed by atoms with Crippen molar-refractivity contribution >= 4 is 22.6 Å². The molecular weight excluding hydrogens is 380 g/mol. The van der Waals surface area contributed by atoms with Crippen molar-refractivity contribution in [1.29, 1.82) is 0 Å². The Balaban J connectivity index is 1.64. The molecule has 8 heteroatoms. The van der Waals surface area contributed by atoms with Gasteiger partial charge in [-0.2, -0.15) is 10.2 Å². The number of hydrogen-bond acceptors (Lipinski definition) is 5. The van der Waals surface area contributed by atoms with E-state index in [9.17, 15) is 4.79 Å². The first-order valence-electron chi connectivity index (χ1n) is 9.80. The van der Waals surface area contributed by atoms with Crippen LogP contribution in [0.15, 0.2) is 42.7 Å².